The molecule has 1 aromatic heterocycles. The second-order valence-corrected chi connectivity index (χ2v) is 5.21. The highest BCUT2D eigenvalue weighted by atomic mass is 32.2. The maximum Gasteiger partial charge on any atom is 0.120 e. The molecule has 0 radical (unpaired) electrons. The zero-order valence-corrected chi connectivity index (χ0v) is 11.6. The van der Waals surface area contributed by atoms with Gasteiger partial charge in [0.15, 0.2) is 0 Å². The van der Waals surface area contributed by atoms with Crippen LogP contribution in [0.2, 0.25) is 0 Å². The molecule has 1 heterocycles. The van der Waals surface area contributed by atoms with Gasteiger partial charge in [0.25, 0.3) is 0 Å². The molecule has 0 saturated heterocycles. The lowest BCUT2D eigenvalue weighted by Gasteiger charge is -2.05. The van der Waals surface area contributed by atoms with Crippen LogP contribution in [0.25, 0.3) is 0 Å². The molecule has 0 saturated carbocycles. The maximum absolute atomic E-state index is 8.78. The lowest BCUT2D eigenvalue weighted by molar-refractivity contribution is 0.318. The fourth-order valence-electron chi connectivity index (χ4n) is 1.57. The van der Waals surface area contributed by atoms with Crippen molar-refractivity contribution < 1.29 is 4.74 Å². The molecule has 98 valence electrons. The van der Waals surface area contributed by atoms with Crippen molar-refractivity contribution in [1.82, 2.24) is 9.78 Å². The molecule has 1 aromatic carbocycles. The van der Waals surface area contributed by atoms with Crippen LogP contribution in [0.4, 0.5) is 0 Å². The zero-order valence-electron chi connectivity index (χ0n) is 10.7. The Morgan fingerprint density at radius 3 is 3.11 bits per heavy atom. The van der Waals surface area contributed by atoms with E-state index >= 15 is 0 Å². The number of ether oxygens (including phenoxy) is 1. The minimum atomic E-state index is 0.627. The number of benzene rings is 1. The Hall–Kier alpha value is -1.93. The molecule has 0 aliphatic carbocycles. The molecule has 0 spiro atoms. The van der Waals surface area contributed by atoms with Crippen LogP contribution in [0, 0.1) is 11.3 Å². The van der Waals surface area contributed by atoms with Gasteiger partial charge in [-0.05, 0) is 24.6 Å². The summed E-state index contributed by atoms with van der Waals surface area (Å²) in [5.41, 5.74) is 0.627. The number of aryl methyl sites for hydroxylation is 1. The van der Waals surface area contributed by atoms with Gasteiger partial charge in [0.2, 0.25) is 0 Å². The minimum absolute atomic E-state index is 0.627. The molecule has 19 heavy (non-hydrogen) atoms. The largest absolute Gasteiger partial charge is 0.494 e. The monoisotopic (exact) mass is 273 g/mol. The number of thioether (sulfide) groups is 1. The molecule has 0 aliphatic heterocycles. The third-order valence-electron chi connectivity index (χ3n) is 2.47. The first-order valence-electron chi connectivity index (χ1n) is 6.02. The summed E-state index contributed by atoms with van der Waals surface area (Å²) >= 11 is 1.77. The van der Waals surface area contributed by atoms with Gasteiger partial charge in [0, 0.05) is 23.9 Å². The van der Waals surface area contributed by atoms with Crippen LogP contribution in [0.5, 0.6) is 5.75 Å². The summed E-state index contributed by atoms with van der Waals surface area (Å²) in [5.74, 6) is 1.74. The highest BCUT2D eigenvalue weighted by Crippen LogP contribution is 2.18. The molecule has 0 atom stereocenters. The predicted molar refractivity (Wildman–Crippen MR) is 75.2 cm³/mol. The maximum atomic E-state index is 8.78. The summed E-state index contributed by atoms with van der Waals surface area (Å²) in [6, 6.07) is 9.33. The standard InChI is InChI=1S/C14H15N3OS/c1-17-11-14(10-16-17)19-7-3-6-18-13-5-2-4-12(8-13)9-15/h2,4-5,8,10-11H,3,6-7H2,1H3. The number of rotatable bonds is 6. The molecule has 2 aromatic rings. The van der Waals surface area contributed by atoms with Gasteiger partial charge in [-0.3, -0.25) is 4.68 Å². The van der Waals surface area contributed by atoms with Gasteiger partial charge in [-0.2, -0.15) is 10.4 Å². The average molecular weight is 273 g/mol. The fraction of sp³-hybridized carbons (Fsp3) is 0.286. The van der Waals surface area contributed by atoms with E-state index in [0.29, 0.717) is 12.2 Å². The van der Waals surface area contributed by atoms with Crippen molar-refractivity contribution in [3.05, 3.63) is 42.2 Å². The third kappa shape index (κ3) is 4.34. The number of nitrogens with zero attached hydrogens (tertiary/aromatic N) is 3. The van der Waals surface area contributed by atoms with Crippen molar-refractivity contribution in [2.45, 2.75) is 11.3 Å². The topological polar surface area (TPSA) is 50.8 Å². The smallest absolute Gasteiger partial charge is 0.120 e. The Bertz CT molecular complexity index is 574. The van der Waals surface area contributed by atoms with E-state index in [2.05, 4.69) is 11.2 Å². The minimum Gasteiger partial charge on any atom is -0.494 e. The van der Waals surface area contributed by atoms with Gasteiger partial charge >= 0.3 is 0 Å². The lowest BCUT2D eigenvalue weighted by atomic mass is 10.2. The van der Waals surface area contributed by atoms with E-state index in [9.17, 15) is 0 Å². The molecule has 4 nitrogen and oxygen atoms in total. The normalized spacial score (nSPS) is 10.1. The van der Waals surface area contributed by atoms with Gasteiger partial charge in [-0.1, -0.05) is 6.07 Å². The van der Waals surface area contributed by atoms with E-state index in [1.807, 2.05) is 31.6 Å². The summed E-state index contributed by atoms with van der Waals surface area (Å²) < 4.78 is 7.40. The first-order chi connectivity index (χ1) is 9.28. The highest BCUT2D eigenvalue weighted by molar-refractivity contribution is 7.99. The van der Waals surface area contributed by atoms with Crippen LogP contribution in [-0.2, 0) is 7.05 Å². The highest BCUT2D eigenvalue weighted by Gasteiger charge is 1.98. The molecular weight excluding hydrogens is 258 g/mol. The number of hydrogen-bond acceptors (Lipinski definition) is 4. The van der Waals surface area contributed by atoms with E-state index in [1.165, 1.54) is 4.90 Å². The SMILES string of the molecule is Cn1cc(SCCCOc2cccc(C#N)c2)cn1. The van der Waals surface area contributed by atoms with Crippen molar-refractivity contribution in [3.8, 4) is 11.8 Å². The second kappa shape index (κ2) is 6.86. The molecular formula is C14H15N3OS. The molecule has 0 unspecified atom stereocenters. The average Bonchev–Trinajstić information content (AvgIpc) is 2.84. The fourth-order valence-corrected chi connectivity index (χ4v) is 2.41. The van der Waals surface area contributed by atoms with Crippen LogP contribution < -0.4 is 4.74 Å². The number of aromatic nitrogens is 2. The second-order valence-electron chi connectivity index (χ2n) is 4.04. The molecule has 0 fully saturated rings. The van der Waals surface area contributed by atoms with Crippen molar-refractivity contribution in [3.63, 3.8) is 0 Å². The Labute approximate surface area is 117 Å². The van der Waals surface area contributed by atoms with Crippen molar-refractivity contribution in [2.75, 3.05) is 12.4 Å². The molecule has 0 N–H and O–H groups in total. The van der Waals surface area contributed by atoms with Gasteiger partial charge < -0.3 is 4.74 Å². The van der Waals surface area contributed by atoms with Crippen molar-refractivity contribution >= 4 is 11.8 Å². The van der Waals surface area contributed by atoms with Crippen LogP contribution in [0.3, 0.4) is 0 Å². The Morgan fingerprint density at radius 1 is 1.47 bits per heavy atom. The molecule has 0 aliphatic rings. The molecule has 0 bridgehead atoms. The quantitative estimate of drug-likeness (QED) is 0.600. The Balaban J connectivity index is 1.68. The number of nitriles is 1. The van der Waals surface area contributed by atoms with Gasteiger partial charge in [-0.25, -0.2) is 0 Å². The van der Waals surface area contributed by atoms with E-state index in [-0.39, 0.29) is 0 Å². The van der Waals surface area contributed by atoms with Crippen LogP contribution in [0.15, 0.2) is 41.6 Å². The molecule has 0 amide bonds. The summed E-state index contributed by atoms with van der Waals surface area (Å²) in [6.07, 6.45) is 4.82. The molecule has 5 heteroatoms. The number of hydrogen-bond donors (Lipinski definition) is 0. The summed E-state index contributed by atoms with van der Waals surface area (Å²) in [6.45, 7) is 0.655. The summed E-state index contributed by atoms with van der Waals surface area (Å²) in [5, 5.41) is 12.9. The first kappa shape index (κ1) is 13.5. The van der Waals surface area contributed by atoms with Crippen molar-refractivity contribution in [2.24, 2.45) is 7.05 Å². The van der Waals surface area contributed by atoms with Gasteiger partial charge in [0.1, 0.15) is 5.75 Å². The van der Waals surface area contributed by atoms with Crippen LogP contribution >= 0.6 is 11.8 Å². The Morgan fingerprint density at radius 2 is 2.37 bits per heavy atom. The third-order valence-corrected chi connectivity index (χ3v) is 3.51. The summed E-state index contributed by atoms with van der Waals surface area (Å²) in [7, 11) is 1.91. The van der Waals surface area contributed by atoms with E-state index in [4.69, 9.17) is 10.00 Å². The van der Waals surface area contributed by atoms with Gasteiger partial charge in [-0.15, -0.1) is 11.8 Å². The predicted octanol–water partition coefficient (Wildman–Crippen LogP) is 2.85. The van der Waals surface area contributed by atoms with Gasteiger partial charge in [0.05, 0.1) is 24.4 Å². The Kier molecular flexibility index (Phi) is 4.87. The van der Waals surface area contributed by atoms with Crippen LogP contribution in [0.1, 0.15) is 12.0 Å². The van der Waals surface area contributed by atoms with E-state index in [1.54, 1.807) is 28.6 Å². The summed E-state index contributed by atoms with van der Waals surface area (Å²) in [4.78, 5) is 1.17. The van der Waals surface area contributed by atoms with Crippen LogP contribution in [-0.4, -0.2) is 22.1 Å². The molecule has 2 rings (SSSR count). The zero-order chi connectivity index (χ0) is 13.5. The first-order valence-corrected chi connectivity index (χ1v) is 7.01. The van der Waals surface area contributed by atoms with E-state index in [0.717, 1.165) is 17.9 Å². The van der Waals surface area contributed by atoms with E-state index < -0.39 is 0 Å². The van der Waals surface area contributed by atoms with Crippen molar-refractivity contribution in [1.29, 1.82) is 5.26 Å². The lowest BCUT2D eigenvalue weighted by Crippen LogP contribution is -1.98.